The zero-order valence-corrected chi connectivity index (χ0v) is 18.9. The highest BCUT2D eigenvalue weighted by atomic mass is 35.5. The number of aromatic nitrogens is 3. The van der Waals surface area contributed by atoms with Crippen molar-refractivity contribution < 1.29 is 27.4 Å². The minimum absolute atomic E-state index is 0.00432. The van der Waals surface area contributed by atoms with E-state index in [0.29, 0.717) is 11.1 Å². The van der Waals surface area contributed by atoms with Crippen LogP contribution >= 0.6 is 11.6 Å². The number of alkyl halides is 3. The highest BCUT2D eigenvalue weighted by molar-refractivity contribution is 6.33. The normalized spacial score (nSPS) is 14.8. The van der Waals surface area contributed by atoms with E-state index in [4.69, 9.17) is 16.3 Å². The fourth-order valence-electron chi connectivity index (χ4n) is 3.67. The van der Waals surface area contributed by atoms with Gasteiger partial charge in [-0.25, -0.2) is 4.39 Å². The van der Waals surface area contributed by atoms with E-state index in [1.165, 1.54) is 38.2 Å². The van der Waals surface area contributed by atoms with Crippen LogP contribution in [0.3, 0.4) is 0 Å². The summed E-state index contributed by atoms with van der Waals surface area (Å²) in [6.45, 7) is 2.91. The van der Waals surface area contributed by atoms with Crippen LogP contribution in [-0.2, 0) is 24.1 Å². The van der Waals surface area contributed by atoms with Gasteiger partial charge in [-0.3, -0.25) is 4.68 Å². The topological polar surface area (TPSA) is 63.1 Å². The van der Waals surface area contributed by atoms with Gasteiger partial charge in [0.05, 0.1) is 35.2 Å². The molecule has 1 aliphatic carbocycles. The van der Waals surface area contributed by atoms with Crippen molar-refractivity contribution in [3.63, 3.8) is 0 Å². The molecule has 0 amide bonds. The minimum Gasteiger partial charge on any atom is -0.390 e. The van der Waals surface area contributed by atoms with Crippen molar-refractivity contribution in [2.45, 2.75) is 64.1 Å². The Morgan fingerprint density at radius 1 is 1.24 bits per heavy atom. The average molecular weight is 486 g/mol. The second-order valence-electron chi connectivity index (χ2n) is 8.85. The maximum atomic E-state index is 14.7. The molecule has 178 valence electrons. The molecule has 0 radical (unpaired) electrons. The SMILES string of the molecule is CC(C)(O)CCn1ncc(-c2[nH]cc(-c3c(F)cccc3Cl)c2COC2CC2)c1C(F)(F)F. The van der Waals surface area contributed by atoms with Gasteiger partial charge in [0.25, 0.3) is 0 Å². The van der Waals surface area contributed by atoms with Gasteiger partial charge in [-0.05, 0) is 45.2 Å². The Morgan fingerprint density at radius 2 is 1.97 bits per heavy atom. The van der Waals surface area contributed by atoms with Crippen molar-refractivity contribution >= 4 is 11.6 Å². The van der Waals surface area contributed by atoms with E-state index in [9.17, 15) is 22.7 Å². The number of benzene rings is 1. The number of rotatable bonds is 8. The summed E-state index contributed by atoms with van der Waals surface area (Å²) in [4.78, 5) is 2.88. The number of hydrogen-bond donors (Lipinski definition) is 2. The molecule has 5 nitrogen and oxygen atoms in total. The molecule has 0 atom stereocenters. The van der Waals surface area contributed by atoms with Crippen molar-refractivity contribution in [1.82, 2.24) is 14.8 Å². The van der Waals surface area contributed by atoms with Crippen LogP contribution in [0.1, 0.15) is 44.4 Å². The highest BCUT2D eigenvalue weighted by Gasteiger charge is 2.40. The Hall–Kier alpha value is -2.36. The smallest absolute Gasteiger partial charge is 0.390 e. The standard InChI is InChI=1S/C23H24ClF4N3O2/c1-22(2,32)8-9-31-21(23(26,27)28)15(11-30-31)20-16(12-33-13-6-7-13)14(10-29-20)19-17(24)4-3-5-18(19)25/h3-5,10-11,13,29,32H,6-9,12H2,1-2H3. The summed E-state index contributed by atoms with van der Waals surface area (Å²) in [7, 11) is 0. The molecule has 4 rings (SSSR count). The van der Waals surface area contributed by atoms with Crippen LogP contribution in [0.15, 0.2) is 30.6 Å². The number of ether oxygens (including phenoxy) is 1. The monoisotopic (exact) mass is 485 g/mol. The van der Waals surface area contributed by atoms with Crippen LogP contribution in [0.4, 0.5) is 17.6 Å². The maximum Gasteiger partial charge on any atom is 0.433 e. The largest absolute Gasteiger partial charge is 0.433 e. The van der Waals surface area contributed by atoms with Crippen molar-refractivity contribution in [1.29, 1.82) is 0 Å². The first-order valence-electron chi connectivity index (χ1n) is 10.6. The van der Waals surface area contributed by atoms with Crippen molar-refractivity contribution in [2.75, 3.05) is 0 Å². The Morgan fingerprint density at radius 3 is 2.58 bits per heavy atom. The van der Waals surface area contributed by atoms with Gasteiger partial charge in [0.2, 0.25) is 0 Å². The summed E-state index contributed by atoms with van der Waals surface area (Å²) >= 11 is 6.24. The Kier molecular flexibility index (Phi) is 6.32. The highest BCUT2D eigenvalue weighted by Crippen LogP contribution is 2.43. The van der Waals surface area contributed by atoms with Gasteiger partial charge < -0.3 is 14.8 Å². The summed E-state index contributed by atoms with van der Waals surface area (Å²) in [5.41, 5.74) is -1.32. The first-order valence-corrected chi connectivity index (χ1v) is 11.0. The minimum atomic E-state index is -4.71. The van der Waals surface area contributed by atoms with Crippen LogP contribution in [-0.4, -0.2) is 31.6 Å². The van der Waals surface area contributed by atoms with Crippen molar-refractivity contribution in [3.8, 4) is 22.4 Å². The van der Waals surface area contributed by atoms with Crippen LogP contribution in [0, 0.1) is 5.82 Å². The van der Waals surface area contributed by atoms with Gasteiger partial charge in [-0.15, -0.1) is 0 Å². The van der Waals surface area contributed by atoms with Crippen LogP contribution in [0.25, 0.3) is 22.4 Å². The van der Waals surface area contributed by atoms with Gasteiger partial charge in [0.15, 0.2) is 5.69 Å². The fraction of sp³-hybridized carbons (Fsp3) is 0.435. The number of hydrogen-bond acceptors (Lipinski definition) is 3. The Bertz CT molecular complexity index is 1120. The molecule has 1 aromatic carbocycles. The molecule has 0 unspecified atom stereocenters. The molecule has 2 N–H and O–H groups in total. The number of H-pyrrole nitrogens is 1. The first kappa shape index (κ1) is 23.8. The second kappa shape index (κ2) is 8.77. The molecule has 2 heterocycles. The summed E-state index contributed by atoms with van der Waals surface area (Å²) in [5, 5.41) is 14.1. The lowest BCUT2D eigenvalue weighted by atomic mass is 9.99. The zero-order valence-electron chi connectivity index (χ0n) is 18.1. The molecule has 1 fully saturated rings. The average Bonchev–Trinajstić information content (AvgIpc) is 3.28. The molecule has 1 aliphatic rings. The van der Waals surface area contributed by atoms with Gasteiger partial charge in [-0.1, -0.05) is 17.7 Å². The fourth-order valence-corrected chi connectivity index (χ4v) is 3.94. The lowest BCUT2D eigenvalue weighted by molar-refractivity contribution is -0.144. The van der Waals surface area contributed by atoms with Crippen LogP contribution in [0.5, 0.6) is 0 Å². The molecule has 0 saturated heterocycles. The molecule has 33 heavy (non-hydrogen) atoms. The van der Waals surface area contributed by atoms with E-state index in [1.807, 2.05) is 0 Å². The van der Waals surface area contributed by atoms with Crippen molar-refractivity contribution in [3.05, 3.63) is 52.7 Å². The van der Waals surface area contributed by atoms with E-state index in [2.05, 4.69) is 10.1 Å². The predicted molar refractivity (Wildman–Crippen MR) is 116 cm³/mol. The maximum absolute atomic E-state index is 14.7. The summed E-state index contributed by atoms with van der Waals surface area (Å²) in [6.07, 6.45) is -0.271. The van der Waals surface area contributed by atoms with Crippen LogP contribution < -0.4 is 0 Å². The van der Waals surface area contributed by atoms with E-state index in [1.54, 1.807) is 0 Å². The molecule has 3 aromatic rings. The van der Waals surface area contributed by atoms with E-state index in [0.717, 1.165) is 23.7 Å². The molecule has 0 aliphatic heterocycles. The van der Waals surface area contributed by atoms with E-state index >= 15 is 0 Å². The summed E-state index contributed by atoms with van der Waals surface area (Å²) in [6, 6.07) is 4.23. The Labute approximate surface area is 193 Å². The lowest BCUT2D eigenvalue weighted by Crippen LogP contribution is -2.24. The van der Waals surface area contributed by atoms with Crippen molar-refractivity contribution in [2.24, 2.45) is 0 Å². The quantitative estimate of drug-likeness (QED) is 0.374. The van der Waals surface area contributed by atoms with Gasteiger partial charge >= 0.3 is 6.18 Å². The third kappa shape index (κ3) is 5.26. The predicted octanol–water partition coefficient (Wildman–Crippen LogP) is 6.20. The Balaban J connectivity index is 1.83. The molecule has 0 spiro atoms. The number of aryl methyl sites for hydroxylation is 1. The molecular formula is C23H24ClF4N3O2. The second-order valence-corrected chi connectivity index (χ2v) is 9.26. The third-order valence-electron chi connectivity index (χ3n) is 5.52. The van der Waals surface area contributed by atoms with Gasteiger partial charge in [0, 0.05) is 35.0 Å². The van der Waals surface area contributed by atoms with Gasteiger partial charge in [-0.2, -0.15) is 18.3 Å². The zero-order chi connectivity index (χ0) is 24.0. The van der Waals surface area contributed by atoms with E-state index in [-0.39, 0.29) is 47.5 Å². The molecular weight excluding hydrogens is 462 g/mol. The summed E-state index contributed by atoms with van der Waals surface area (Å²) in [5.74, 6) is -0.586. The number of aromatic amines is 1. The molecule has 2 aromatic heterocycles. The molecule has 0 bridgehead atoms. The number of nitrogens with one attached hydrogen (secondary N) is 1. The number of halogens is 5. The third-order valence-corrected chi connectivity index (χ3v) is 5.84. The van der Waals surface area contributed by atoms with Crippen LogP contribution in [0.2, 0.25) is 5.02 Å². The lowest BCUT2D eigenvalue weighted by Gasteiger charge is -2.19. The van der Waals surface area contributed by atoms with Gasteiger partial charge in [0.1, 0.15) is 5.82 Å². The number of aliphatic hydroxyl groups is 1. The molecule has 10 heteroatoms. The first-order chi connectivity index (χ1) is 15.5. The summed E-state index contributed by atoms with van der Waals surface area (Å²) < 4.78 is 63.6. The molecule has 1 saturated carbocycles. The number of nitrogens with zero attached hydrogens (tertiary/aromatic N) is 2. The van der Waals surface area contributed by atoms with E-state index < -0.39 is 23.3 Å².